The van der Waals surface area contributed by atoms with Gasteiger partial charge in [-0.15, -0.1) is 0 Å². The summed E-state index contributed by atoms with van der Waals surface area (Å²) in [6.07, 6.45) is 10.0. The van der Waals surface area contributed by atoms with Gasteiger partial charge in [0, 0.05) is 30.3 Å². The van der Waals surface area contributed by atoms with Gasteiger partial charge in [-0.3, -0.25) is 4.79 Å². The number of nitrogens with one attached hydrogen (secondary N) is 1. The van der Waals surface area contributed by atoms with Gasteiger partial charge in [0.2, 0.25) is 5.89 Å². The van der Waals surface area contributed by atoms with Gasteiger partial charge in [0.05, 0.1) is 12.5 Å². The van der Waals surface area contributed by atoms with Crippen LogP contribution in [0.25, 0.3) is 11.5 Å². The summed E-state index contributed by atoms with van der Waals surface area (Å²) in [5.41, 5.74) is 3.88. The summed E-state index contributed by atoms with van der Waals surface area (Å²) < 4.78 is 33.6. The maximum Gasteiger partial charge on any atom is 0.306 e. The van der Waals surface area contributed by atoms with Crippen molar-refractivity contribution in [3.63, 3.8) is 0 Å². The van der Waals surface area contributed by atoms with Crippen molar-refractivity contribution in [3.8, 4) is 17.2 Å². The smallest absolute Gasteiger partial charge is 0.306 e. The molecule has 2 heterocycles. The van der Waals surface area contributed by atoms with E-state index in [2.05, 4.69) is 15.2 Å². The van der Waals surface area contributed by atoms with Crippen LogP contribution in [0, 0.1) is 12.8 Å². The minimum Gasteiger partial charge on any atom is -0.441 e. The van der Waals surface area contributed by atoms with Gasteiger partial charge in [-0.05, 0) is 106 Å². The molecule has 1 aliphatic carbocycles. The largest absolute Gasteiger partial charge is 0.441 e. The highest BCUT2D eigenvalue weighted by molar-refractivity contribution is 7.86. The van der Waals surface area contributed by atoms with Crippen molar-refractivity contribution < 1.29 is 21.8 Å². The van der Waals surface area contributed by atoms with Crippen LogP contribution in [0.15, 0.2) is 53.1 Å². The second-order valence-electron chi connectivity index (χ2n) is 10.9. The lowest BCUT2D eigenvalue weighted by atomic mass is 9.84. The number of oxazole rings is 1. The highest BCUT2D eigenvalue weighted by atomic mass is 32.2. The molecule has 1 N–H and O–H groups in total. The Hall–Kier alpha value is -3.17. The molecule has 0 unspecified atom stereocenters. The summed E-state index contributed by atoms with van der Waals surface area (Å²) >= 11 is 0. The second kappa shape index (κ2) is 11.9. The lowest BCUT2D eigenvalue weighted by molar-refractivity contribution is 0.0920. The summed E-state index contributed by atoms with van der Waals surface area (Å²) in [4.78, 5) is 19.7. The third kappa shape index (κ3) is 7.48. The van der Waals surface area contributed by atoms with Crippen molar-refractivity contribution in [3.05, 3.63) is 71.1 Å². The molecule has 208 valence electrons. The third-order valence-corrected chi connectivity index (χ3v) is 8.34. The highest BCUT2D eigenvalue weighted by Gasteiger charge is 2.24. The second-order valence-corrected chi connectivity index (χ2v) is 12.5. The van der Waals surface area contributed by atoms with E-state index in [1.165, 1.54) is 11.1 Å². The Morgan fingerprint density at radius 2 is 1.85 bits per heavy atom. The average Bonchev–Trinajstić information content (AvgIpc) is 3.24. The van der Waals surface area contributed by atoms with E-state index in [1.54, 1.807) is 12.3 Å². The fourth-order valence-electron chi connectivity index (χ4n) is 5.71. The summed E-state index contributed by atoms with van der Waals surface area (Å²) in [5, 5.41) is 3.23. The molecule has 1 amide bonds. The summed E-state index contributed by atoms with van der Waals surface area (Å²) in [6.45, 7) is 4.89. The average molecular weight is 552 g/mol. The lowest BCUT2D eigenvalue weighted by Gasteiger charge is -2.30. The maximum atomic E-state index is 12.9. The van der Waals surface area contributed by atoms with Crippen molar-refractivity contribution in [1.29, 1.82) is 0 Å². The van der Waals surface area contributed by atoms with E-state index in [-0.39, 0.29) is 11.9 Å². The van der Waals surface area contributed by atoms with E-state index in [4.69, 9.17) is 8.60 Å². The number of fused-ring (bicyclic) bond motifs is 1. The first-order valence-corrected chi connectivity index (χ1v) is 15.6. The molecule has 2 aromatic carbocycles. The molecule has 1 aliphatic heterocycles. The topological polar surface area (TPSA) is 102 Å². The van der Waals surface area contributed by atoms with Gasteiger partial charge in [-0.25, -0.2) is 4.98 Å². The van der Waals surface area contributed by atoms with Crippen LogP contribution in [0.5, 0.6) is 5.75 Å². The summed E-state index contributed by atoms with van der Waals surface area (Å²) in [5.74, 6) is 2.30. The van der Waals surface area contributed by atoms with Crippen LogP contribution in [0.1, 0.15) is 59.3 Å². The minimum atomic E-state index is -3.52. The molecule has 8 nitrogen and oxygen atoms in total. The number of hydrogen-bond donors (Lipinski definition) is 1. The Bertz CT molecular complexity index is 1410. The van der Waals surface area contributed by atoms with Crippen LogP contribution >= 0.6 is 0 Å². The van der Waals surface area contributed by atoms with Gasteiger partial charge >= 0.3 is 10.1 Å². The molecule has 1 fully saturated rings. The first kappa shape index (κ1) is 27.4. The zero-order valence-electron chi connectivity index (χ0n) is 22.7. The normalized spacial score (nSPS) is 20.2. The van der Waals surface area contributed by atoms with Gasteiger partial charge in [-0.2, -0.15) is 8.42 Å². The third-order valence-electron chi connectivity index (χ3n) is 7.85. The highest BCUT2D eigenvalue weighted by Crippen LogP contribution is 2.29. The fraction of sp³-hybridized carbons (Fsp3) is 0.467. The van der Waals surface area contributed by atoms with Crippen molar-refractivity contribution in [2.75, 3.05) is 25.9 Å². The van der Waals surface area contributed by atoms with Crippen LogP contribution in [-0.4, -0.2) is 56.1 Å². The van der Waals surface area contributed by atoms with Crippen molar-refractivity contribution in [2.45, 2.75) is 57.9 Å². The van der Waals surface area contributed by atoms with Crippen molar-refractivity contribution in [2.24, 2.45) is 5.92 Å². The van der Waals surface area contributed by atoms with Crippen LogP contribution < -0.4 is 9.50 Å². The van der Waals surface area contributed by atoms with E-state index in [0.717, 1.165) is 82.2 Å². The van der Waals surface area contributed by atoms with Gasteiger partial charge < -0.3 is 18.8 Å². The number of carbonyl (C=O) groups excluding carboxylic acids is 1. The molecule has 5 rings (SSSR count). The Balaban J connectivity index is 1.06. The summed E-state index contributed by atoms with van der Waals surface area (Å²) in [7, 11) is -3.52. The SMILES string of the molecule is Cc1cnc(-c2cccc(C(=O)NC3CCC(CCN4CCc5ccc(OS(C)(=O)=O)cc5CC4)CC3)c2)o1. The van der Waals surface area contributed by atoms with Gasteiger partial charge in [0.15, 0.2) is 0 Å². The zero-order valence-corrected chi connectivity index (χ0v) is 23.5. The summed E-state index contributed by atoms with van der Waals surface area (Å²) in [6, 6.07) is 13.3. The Morgan fingerprint density at radius 1 is 1.08 bits per heavy atom. The van der Waals surface area contributed by atoms with E-state index in [1.807, 2.05) is 43.3 Å². The first-order valence-electron chi connectivity index (χ1n) is 13.8. The number of aryl methyl sites for hydroxylation is 1. The van der Waals surface area contributed by atoms with Crippen LogP contribution in [-0.2, 0) is 23.0 Å². The Kier molecular flexibility index (Phi) is 8.37. The standard InChI is InChI=1S/C30H37N3O5S/c1-21-20-31-30(37-21)26-5-3-4-25(18-26)29(34)32-27-9-6-22(7-10-27)12-15-33-16-13-23-8-11-28(38-39(2,35)36)19-24(23)14-17-33/h3-5,8,11,18-20,22,27H,6-7,9-10,12-17H2,1-2H3,(H,32,34). The van der Waals surface area contributed by atoms with E-state index in [0.29, 0.717) is 23.1 Å². The minimum absolute atomic E-state index is 0.0437. The zero-order chi connectivity index (χ0) is 27.4. The predicted octanol–water partition coefficient (Wildman–Crippen LogP) is 4.77. The molecule has 0 spiro atoms. The molecule has 2 aliphatic rings. The quantitative estimate of drug-likeness (QED) is 0.403. The molecule has 3 aromatic rings. The Labute approximate surface area is 230 Å². The molecule has 1 aromatic heterocycles. The van der Waals surface area contributed by atoms with Gasteiger partial charge in [0.25, 0.3) is 5.91 Å². The van der Waals surface area contributed by atoms with Crippen molar-refractivity contribution >= 4 is 16.0 Å². The Morgan fingerprint density at radius 3 is 2.56 bits per heavy atom. The molecule has 0 radical (unpaired) electrons. The predicted molar refractivity (Wildman–Crippen MR) is 150 cm³/mol. The van der Waals surface area contributed by atoms with Gasteiger partial charge in [0.1, 0.15) is 11.5 Å². The molecule has 1 saturated carbocycles. The fourth-order valence-corrected chi connectivity index (χ4v) is 6.16. The maximum absolute atomic E-state index is 12.9. The number of rotatable bonds is 8. The molecule has 39 heavy (non-hydrogen) atoms. The molecular formula is C30H37N3O5S. The molecule has 0 bridgehead atoms. The number of amides is 1. The number of nitrogens with zero attached hydrogens (tertiary/aromatic N) is 2. The van der Waals surface area contributed by atoms with E-state index in [9.17, 15) is 13.2 Å². The van der Waals surface area contributed by atoms with Crippen LogP contribution in [0.2, 0.25) is 0 Å². The lowest BCUT2D eigenvalue weighted by Crippen LogP contribution is -2.38. The first-order chi connectivity index (χ1) is 18.7. The number of hydrogen-bond acceptors (Lipinski definition) is 7. The molecule has 9 heteroatoms. The van der Waals surface area contributed by atoms with Crippen molar-refractivity contribution in [1.82, 2.24) is 15.2 Å². The van der Waals surface area contributed by atoms with E-state index < -0.39 is 10.1 Å². The van der Waals surface area contributed by atoms with E-state index >= 15 is 0 Å². The number of carbonyl (C=O) groups is 1. The molecule has 0 atom stereocenters. The van der Waals surface area contributed by atoms with Crippen LogP contribution in [0.3, 0.4) is 0 Å². The molecular weight excluding hydrogens is 514 g/mol. The van der Waals surface area contributed by atoms with Crippen LogP contribution in [0.4, 0.5) is 0 Å². The number of benzene rings is 2. The van der Waals surface area contributed by atoms with Gasteiger partial charge in [-0.1, -0.05) is 12.1 Å². The monoisotopic (exact) mass is 551 g/mol. The number of aromatic nitrogens is 1. The molecule has 0 saturated heterocycles.